The Labute approximate surface area is 232 Å². The van der Waals surface area contributed by atoms with Gasteiger partial charge in [0.2, 0.25) is 5.91 Å². The van der Waals surface area contributed by atoms with Gasteiger partial charge in [0, 0.05) is 45.0 Å². The van der Waals surface area contributed by atoms with Crippen LogP contribution in [0.25, 0.3) is 0 Å². The molecule has 0 saturated carbocycles. The lowest BCUT2D eigenvalue weighted by Gasteiger charge is -2.50. The molecule has 0 aliphatic carbocycles. The largest absolute Gasteiger partial charge is 0.492 e. The number of rotatable bonds is 7. The van der Waals surface area contributed by atoms with Crippen LogP contribution in [0.1, 0.15) is 30.9 Å². The number of carbonyl (C=O) groups is 2. The third-order valence-corrected chi connectivity index (χ3v) is 8.21. The molecule has 2 aromatic rings. The number of anilines is 1. The fourth-order valence-electron chi connectivity index (χ4n) is 6.22. The van der Waals surface area contributed by atoms with E-state index >= 15 is 0 Å². The van der Waals surface area contributed by atoms with Crippen LogP contribution in [-0.2, 0) is 26.9 Å². The second-order valence-corrected chi connectivity index (χ2v) is 10.8. The molecule has 0 spiro atoms. The highest BCUT2D eigenvalue weighted by Crippen LogP contribution is 2.40. The molecule has 3 heterocycles. The van der Waals surface area contributed by atoms with Crippen molar-refractivity contribution in [3.05, 3.63) is 59.7 Å². The maximum absolute atomic E-state index is 14.0. The summed E-state index contributed by atoms with van der Waals surface area (Å²) in [5, 5.41) is 0. The molecule has 10 heteroatoms. The lowest BCUT2D eigenvalue weighted by atomic mass is 9.82. The van der Waals surface area contributed by atoms with Crippen molar-refractivity contribution in [3.8, 4) is 5.75 Å². The van der Waals surface area contributed by atoms with Gasteiger partial charge in [-0.15, -0.1) is 0 Å². The van der Waals surface area contributed by atoms with E-state index in [1.807, 2.05) is 30.3 Å². The van der Waals surface area contributed by atoms with Gasteiger partial charge in [-0.1, -0.05) is 18.2 Å². The number of nitrogens with zero attached hydrogens (tertiary/aromatic N) is 3. The lowest BCUT2D eigenvalue weighted by molar-refractivity contribution is -0.152. The monoisotopic (exact) mass is 559 g/mol. The number of hydrogen-bond donors (Lipinski definition) is 0. The highest BCUT2D eigenvalue weighted by Gasteiger charge is 2.44. The third kappa shape index (κ3) is 6.22. The summed E-state index contributed by atoms with van der Waals surface area (Å²) in [6.07, 6.45) is -2.87. The molecule has 0 bridgehead atoms. The molecule has 2 fully saturated rings. The molecule has 0 N–H and O–H groups in total. The number of amides is 1. The Kier molecular flexibility index (Phi) is 8.54. The molecule has 2 saturated heterocycles. The molecule has 5 rings (SSSR count). The highest BCUT2D eigenvalue weighted by atomic mass is 19.4. The summed E-state index contributed by atoms with van der Waals surface area (Å²) in [4.78, 5) is 32.5. The topological polar surface area (TPSA) is 62.3 Å². The second kappa shape index (κ2) is 12.1. The molecule has 3 aliphatic rings. The first-order valence-electron chi connectivity index (χ1n) is 14.1. The second-order valence-electron chi connectivity index (χ2n) is 10.8. The van der Waals surface area contributed by atoms with Crippen LogP contribution in [0.2, 0.25) is 0 Å². The Morgan fingerprint density at radius 3 is 2.58 bits per heavy atom. The number of fused-ring (bicyclic) bond motifs is 3. The summed E-state index contributed by atoms with van der Waals surface area (Å²) < 4.78 is 51.8. The van der Waals surface area contributed by atoms with Crippen molar-refractivity contribution in [1.82, 2.24) is 9.80 Å². The minimum Gasteiger partial charge on any atom is -0.492 e. The van der Waals surface area contributed by atoms with Crippen molar-refractivity contribution in [3.63, 3.8) is 0 Å². The van der Waals surface area contributed by atoms with Gasteiger partial charge >= 0.3 is 12.1 Å². The average molecular weight is 560 g/mol. The van der Waals surface area contributed by atoms with Gasteiger partial charge < -0.3 is 19.3 Å². The molecule has 2 aromatic carbocycles. The van der Waals surface area contributed by atoms with Gasteiger partial charge in [0.25, 0.3) is 0 Å². The van der Waals surface area contributed by atoms with Crippen LogP contribution in [0.15, 0.2) is 48.5 Å². The normalized spacial score (nSPS) is 23.2. The van der Waals surface area contributed by atoms with Crippen molar-refractivity contribution in [2.75, 3.05) is 57.4 Å². The summed E-state index contributed by atoms with van der Waals surface area (Å²) in [7, 11) is 0. The average Bonchev–Trinajstić information content (AvgIpc) is 2.96. The summed E-state index contributed by atoms with van der Waals surface area (Å²) in [5.41, 5.74) is 0.613. The first-order valence-corrected chi connectivity index (χ1v) is 14.1. The van der Waals surface area contributed by atoms with Crippen molar-refractivity contribution >= 4 is 17.6 Å². The molecule has 216 valence electrons. The highest BCUT2D eigenvalue weighted by molar-refractivity contribution is 5.83. The summed E-state index contributed by atoms with van der Waals surface area (Å²) >= 11 is 0. The Bertz CT molecular complexity index is 1190. The first-order chi connectivity index (χ1) is 19.2. The zero-order valence-corrected chi connectivity index (χ0v) is 22.7. The number of carbonyl (C=O) groups excluding carboxylic acids is 2. The van der Waals surface area contributed by atoms with Crippen LogP contribution in [0.4, 0.5) is 18.9 Å². The summed E-state index contributed by atoms with van der Waals surface area (Å²) in [5.74, 6) is -0.501. The standard InChI is InChI=1S/C30H36F3N3O4/c1-2-39-29(38)21-7-6-12-35(19-21)28(37)25-18-22-17-23(30(31,32)33)10-11-26(22)36-14-13-34(20-27(25)36)15-16-40-24-8-4-3-5-9-24/h3-5,8-11,17,21,25,27H,2,6-7,12-16,18-20H2,1H3/t21-,25+,27-/m1/s1. The number of benzene rings is 2. The van der Waals surface area contributed by atoms with Crippen LogP contribution < -0.4 is 9.64 Å². The van der Waals surface area contributed by atoms with E-state index in [1.165, 1.54) is 6.07 Å². The van der Waals surface area contributed by atoms with Gasteiger partial charge in [-0.05, 0) is 62.1 Å². The van der Waals surface area contributed by atoms with Crippen molar-refractivity contribution < 1.29 is 32.2 Å². The Morgan fingerprint density at radius 2 is 1.82 bits per heavy atom. The molecule has 40 heavy (non-hydrogen) atoms. The summed E-state index contributed by atoms with van der Waals surface area (Å²) in [6, 6.07) is 13.3. The van der Waals surface area contributed by atoms with Crippen molar-refractivity contribution in [1.29, 1.82) is 0 Å². The third-order valence-electron chi connectivity index (χ3n) is 8.21. The fraction of sp³-hybridized carbons (Fsp3) is 0.533. The van der Waals surface area contributed by atoms with E-state index in [0.29, 0.717) is 57.7 Å². The summed E-state index contributed by atoms with van der Waals surface area (Å²) in [6.45, 7) is 5.94. The molecular weight excluding hydrogens is 523 g/mol. The van der Waals surface area contributed by atoms with Crippen LogP contribution in [0.5, 0.6) is 5.75 Å². The SMILES string of the molecule is CCOC(=O)[C@@H]1CCCN(C(=O)[C@H]2Cc3cc(C(F)(F)F)ccc3N3CCN(CCOc4ccccc4)C[C@H]23)C1. The number of esters is 1. The van der Waals surface area contributed by atoms with E-state index in [-0.39, 0.29) is 43.4 Å². The van der Waals surface area contributed by atoms with Crippen LogP contribution in [0, 0.1) is 11.8 Å². The van der Waals surface area contributed by atoms with Crippen LogP contribution >= 0.6 is 0 Å². The maximum atomic E-state index is 14.0. The van der Waals surface area contributed by atoms with E-state index in [2.05, 4.69) is 9.80 Å². The van der Waals surface area contributed by atoms with Crippen molar-refractivity contribution in [2.24, 2.45) is 11.8 Å². The van der Waals surface area contributed by atoms with E-state index in [1.54, 1.807) is 17.9 Å². The lowest BCUT2D eigenvalue weighted by Crippen LogP contribution is -2.62. The minimum atomic E-state index is -4.46. The van der Waals surface area contributed by atoms with Crippen LogP contribution in [0.3, 0.4) is 0 Å². The number of halogens is 3. The number of piperidine rings is 1. The Balaban J connectivity index is 1.35. The Morgan fingerprint density at radius 1 is 1.02 bits per heavy atom. The van der Waals surface area contributed by atoms with Gasteiger partial charge in [-0.25, -0.2) is 0 Å². The molecule has 3 aliphatic heterocycles. The number of alkyl halides is 3. The molecule has 0 radical (unpaired) electrons. The quantitative estimate of drug-likeness (QED) is 0.473. The molecule has 0 unspecified atom stereocenters. The van der Waals surface area contributed by atoms with Gasteiger partial charge in [0.05, 0.1) is 30.0 Å². The fourth-order valence-corrected chi connectivity index (χ4v) is 6.22. The van der Waals surface area contributed by atoms with Gasteiger partial charge in [-0.3, -0.25) is 14.5 Å². The van der Waals surface area contributed by atoms with Crippen molar-refractivity contribution in [2.45, 2.75) is 38.4 Å². The van der Waals surface area contributed by atoms with E-state index in [0.717, 1.165) is 17.5 Å². The van der Waals surface area contributed by atoms with Gasteiger partial charge in [0.15, 0.2) is 0 Å². The van der Waals surface area contributed by atoms with E-state index < -0.39 is 17.7 Å². The van der Waals surface area contributed by atoms with E-state index in [4.69, 9.17) is 9.47 Å². The maximum Gasteiger partial charge on any atom is 0.416 e. The number of likely N-dealkylation sites (tertiary alicyclic amines) is 1. The molecular formula is C30H36F3N3O4. The molecule has 7 nitrogen and oxygen atoms in total. The zero-order chi connectivity index (χ0) is 28.3. The first kappa shape index (κ1) is 28.3. The van der Waals surface area contributed by atoms with Gasteiger partial charge in [0.1, 0.15) is 12.4 Å². The van der Waals surface area contributed by atoms with Crippen LogP contribution in [-0.4, -0.2) is 80.2 Å². The predicted molar refractivity (Wildman–Crippen MR) is 144 cm³/mol. The smallest absolute Gasteiger partial charge is 0.416 e. The number of para-hydroxylation sites is 1. The van der Waals surface area contributed by atoms with Gasteiger partial charge in [-0.2, -0.15) is 13.2 Å². The number of hydrogen-bond acceptors (Lipinski definition) is 6. The molecule has 3 atom stereocenters. The Hall–Kier alpha value is -3.27. The number of piperazine rings is 1. The number of ether oxygens (including phenoxy) is 2. The predicted octanol–water partition coefficient (Wildman–Crippen LogP) is 4.25. The molecule has 0 aromatic heterocycles. The molecule has 1 amide bonds. The minimum absolute atomic E-state index is 0.102. The van der Waals surface area contributed by atoms with E-state index in [9.17, 15) is 22.8 Å². The zero-order valence-electron chi connectivity index (χ0n) is 22.7.